The van der Waals surface area contributed by atoms with Crippen LogP contribution in [-0.2, 0) is 4.74 Å². The highest BCUT2D eigenvalue weighted by Crippen LogP contribution is 2.28. The third-order valence-corrected chi connectivity index (χ3v) is 3.51. The van der Waals surface area contributed by atoms with E-state index < -0.39 is 0 Å². The molecule has 0 unspecified atom stereocenters. The lowest BCUT2D eigenvalue weighted by Crippen LogP contribution is -2.26. The topological polar surface area (TPSA) is 35.5 Å². The van der Waals surface area contributed by atoms with E-state index in [4.69, 9.17) is 9.47 Å². The second-order valence-electron chi connectivity index (χ2n) is 4.75. The average molecular weight is 256 g/mol. The number of rotatable bonds is 3. The Balaban J connectivity index is 1.96. The van der Waals surface area contributed by atoms with Gasteiger partial charge in [0.15, 0.2) is 6.29 Å². The Morgan fingerprint density at radius 1 is 1.11 bits per heavy atom. The summed E-state index contributed by atoms with van der Waals surface area (Å²) in [5.74, 6) is 0.681. The fraction of sp³-hybridized carbons (Fsp3) is 0.312. The van der Waals surface area contributed by atoms with E-state index in [1.807, 2.05) is 36.4 Å². The maximum Gasteiger partial charge on any atom is 0.154 e. The molecule has 1 aliphatic heterocycles. The fourth-order valence-corrected chi connectivity index (χ4v) is 2.47. The van der Waals surface area contributed by atoms with Crippen LogP contribution in [0.5, 0.6) is 5.75 Å². The molecule has 0 aliphatic carbocycles. The highest BCUT2D eigenvalue weighted by molar-refractivity contribution is 6.00. The van der Waals surface area contributed by atoms with Crippen LogP contribution in [0.15, 0.2) is 36.4 Å². The van der Waals surface area contributed by atoms with Crippen LogP contribution >= 0.6 is 0 Å². The Morgan fingerprint density at radius 2 is 1.89 bits per heavy atom. The second-order valence-corrected chi connectivity index (χ2v) is 4.75. The normalized spacial score (nSPS) is 16.4. The van der Waals surface area contributed by atoms with Gasteiger partial charge in [-0.2, -0.15) is 0 Å². The van der Waals surface area contributed by atoms with E-state index in [2.05, 4.69) is 0 Å². The van der Waals surface area contributed by atoms with E-state index in [1.165, 1.54) is 0 Å². The average Bonchev–Trinajstić information content (AvgIpc) is 2.48. The standard InChI is InChI=1S/C16H16O3/c17-11-15-14-4-2-1-3-12(14)5-6-16(15)19-13-7-9-18-10-8-13/h1-6,11,13H,7-10H2. The van der Waals surface area contributed by atoms with Gasteiger partial charge in [-0.25, -0.2) is 0 Å². The summed E-state index contributed by atoms with van der Waals surface area (Å²) in [6.07, 6.45) is 2.79. The Labute approximate surface area is 112 Å². The predicted molar refractivity (Wildman–Crippen MR) is 73.8 cm³/mol. The summed E-state index contributed by atoms with van der Waals surface area (Å²) in [7, 11) is 0. The molecular weight excluding hydrogens is 240 g/mol. The van der Waals surface area contributed by atoms with Crippen molar-refractivity contribution in [3.63, 3.8) is 0 Å². The molecule has 0 N–H and O–H groups in total. The van der Waals surface area contributed by atoms with Gasteiger partial charge >= 0.3 is 0 Å². The molecule has 1 aliphatic rings. The molecule has 2 aromatic carbocycles. The summed E-state index contributed by atoms with van der Waals surface area (Å²) >= 11 is 0. The number of benzene rings is 2. The Morgan fingerprint density at radius 3 is 2.68 bits per heavy atom. The smallest absolute Gasteiger partial charge is 0.154 e. The van der Waals surface area contributed by atoms with E-state index in [1.54, 1.807) is 0 Å². The zero-order valence-electron chi connectivity index (χ0n) is 10.7. The maximum atomic E-state index is 11.4. The van der Waals surface area contributed by atoms with Gasteiger partial charge in [0.25, 0.3) is 0 Å². The molecule has 1 saturated heterocycles. The zero-order valence-corrected chi connectivity index (χ0v) is 10.7. The quantitative estimate of drug-likeness (QED) is 0.791. The minimum atomic E-state index is 0.147. The minimum absolute atomic E-state index is 0.147. The minimum Gasteiger partial charge on any atom is -0.489 e. The molecule has 3 heteroatoms. The number of fused-ring (bicyclic) bond motifs is 1. The summed E-state index contributed by atoms with van der Waals surface area (Å²) < 4.78 is 11.3. The van der Waals surface area contributed by atoms with Gasteiger partial charge in [0, 0.05) is 12.8 Å². The van der Waals surface area contributed by atoms with Crippen molar-refractivity contribution in [3.8, 4) is 5.75 Å². The molecule has 0 saturated carbocycles. The van der Waals surface area contributed by atoms with E-state index in [9.17, 15) is 4.79 Å². The molecule has 98 valence electrons. The first-order valence-electron chi connectivity index (χ1n) is 6.60. The van der Waals surface area contributed by atoms with Crippen molar-refractivity contribution in [1.82, 2.24) is 0 Å². The van der Waals surface area contributed by atoms with Crippen molar-refractivity contribution in [3.05, 3.63) is 42.0 Å². The molecule has 19 heavy (non-hydrogen) atoms. The lowest BCUT2D eigenvalue weighted by Gasteiger charge is -2.24. The van der Waals surface area contributed by atoms with Crippen molar-refractivity contribution < 1.29 is 14.3 Å². The van der Waals surface area contributed by atoms with Crippen molar-refractivity contribution >= 4 is 17.1 Å². The number of carbonyl (C=O) groups is 1. The lowest BCUT2D eigenvalue weighted by molar-refractivity contribution is 0.0254. The first-order chi connectivity index (χ1) is 9.38. The summed E-state index contributed by atoms with van der Waals surface area (Å²) in [5, 5.41) is 2.01. The van der Waals surface area contributed by atoms with E-state index in [-0.39, 0.29) is 6.10 Å². The summed E-state index contributed by atoms with van der Waals surface area (Å²) in [4.78, 5) is 11.4. The van der Waals surface area contributed by atoms with Gasteiger partial charge < -0.3 is 9.47 Å². The van der Waals surface area contributed by atoms with Crippen molar-refractivity contribution in [2.75, 3.05) is 13.2 Å². The molecule has 1 heterocycles. The molecule has 3 nitrogen and oxygen atoms in total. The molecule has 0 radical (unpaired) electrons. The van der Waals surface area contributed by atoms with Gasteiger partial charge in [-0.1, -0.05) is 30.3 Å². The van der Waals surface area contributed by atoms with Crippen LogP contribution in [0.25, 0.3) is 10.8 Å². The van der Waals surface area contributed by atoms with Crippen LogP contribution in [0.4, 0.5) is 0 Å². The van der Waals surface area contributed by atoms with Crippen LogP contribution in [-0.4, -0.2) is 25.6 Å². The lowest BCUT2D eigenvalue weighted by atomic mass is 10.0. The third-order valence-electron chi connectivity index (χ3n) is 3.51. The zero-order chi connectivity index (χ0) is 13.1. The molecule has 0 spiro atoms. The van der Waals surface area contributed by atoms with E-state index >= 15 is 0 Å². The summed E-state index contributed by atoms with van der Waals surface area (Å²) in [6.45, 7) is 1.46. The molecule has 2 aromatic rings. The predicted octanol–water partition coefficient (Wildman–Crippen LogP) is 3.21. The highest BCUT2D eigenvalue weighted by atomic mass is 16.5. The first-order valence-corrected chi connectivity index (χ1v) is 6.60. The number of ether oxygens (including phenoxy) is 2. The Hall–Kier alpha value is -1.87. The number of aldehydes is 1. The van der Waals surface area contributed by atoms with Crippen LogP contribution in [0.2, 0.25) is 0 Å². The number of hydrogen-bond donors (Lipinski definition) is 0. The van der Waals surface area contributed by atoms with Gasteiger partial charge in [0.05, 0.1) is 18.8 Å². The summed E-state index contributed by atoms with van der Waals surface area (Å²) in [6, 6.07) is 11.7. The Bertz CT molecular complexity index is 586. The molecule has 0 amide bonds. The Kier molecular flexibility index (Phi) is 3.47. The first kappa shape index (κ1) is 12.2. The molecule has 0 aromatic heterocycles. The fourth-order valence-electron chi connectivity index (χ4n) is 2.47. The maximum absolute atomic E-state index is 11.4. The van der Waals surface area contributed by atoms with Gasteiger partial charge in [0.2, 0.25) is 0 Å². The number of hydrogen-bond acceptors (Lipinski definition) is 3. The summed E-state index contributed by atoms with van der Waals surface area (Å²) in [5.41, 5.74) is 0.643. The van der Waals surface area contributed by atoms with Gasteiger partial charge in [-0.05, 0) is 16.8 Å². The van der Waals surface area contributed by atoms with E-state index in [0.717, 1.165) is 43.1 Å². The second kappa shape index (κ2) is 5.41. The van der Waals surface area contributed by atoms with Gasteiger partial charge in [-0.3, -0.25) is 4.79 Å². The molecular formula is C16H16O3. The molecule has 1 fully saturated rings. The molecule has 3 rings (SSSR count). The largest absolute Gasteiger partial charge is 0.489 e. The monoisotopic (exact) mass is 256 g/mol. The van der Waals surface area contributed by atoms with Crippen LogP contribution in [0.1, 0.15) is 23.2 Å². The van der Waals surface area contributed by atoms with Crippen LogP contribution in [0, 0.1) is 0 Å². The number of carbonyl (C=O) groups excluding carboxylic acids is 1. The van der Waals surface area contributed by atoms with Crippen LogP contribution < -0.4 is 4.74 Å². The third kappa shape index (κ3) is 2.47. The highest BCUT2D eigenvalue weighted by Gasteiger charge is 2.17. The van der Waals surface area contributed by atoms with Crippen LogP contribution in [0.3, 0.4) is 0 Å². The molecule has 0 bridgehead atoms. The van der Waals surface area contributed by atoms with Crippen molar-refractivity contribution in [1.29, 1.82) is 0 Å². The van der Waals surface area contributed by atoms with Gasteiger partial charge in [0.1, 0.15) is 11.9 Å². The molecule has 0 atom stereocenters. The van der Waals surface area contributed by atoms with E-state index in [0.29, 0.717) is 11.3 Å². The SMILES string of the molecule is O=Cc1c(OC2CCOCC2)ccc2ccccc12. The van der Waals surface area contributed by atoms with Crippen molar-refractivity contribution in [2.24, 2.45) is 0 Å². The van der Waals surface area contributed by atoms with Gasteiger partial charge in [-0.15, -0.1) is 0 Å². The van der Waals surface area contributed by atoms with Crippen molar-refractivity contribution in [2.45, 2.75) is 18.9 Å².